The van der Waals surface area contributed by atoms with E-state index in [1.165, 1.54) is 0 Å². The van der Waals surface area contributed by atoms with Crippen molar-refractivity contribution in [3.05, 3.63) is 18.3 Å². The third-order valence-corrected chi connectivity index (χ3v) is 2.64. The summed E-state index contributed by atoms with van der Waals surface area (Å²) in [5.74, 6) is 0.892. The van der Waals surface area contributed by atoms with Crippen molar-refractivity contribution in [1.82, 2.24) is 4.98 Å². The van der Waals surface area contributed by atoms with Crippen molar-refractivity contribution in [3.63, 3.8) is 0 Å². The Kier molecular flexibility index (Phi) is 2.34. The molecule has 2 rings (SSSR count). The third kappa shape index (κ3) is 1.56. The summed E-state index contributed by atoms with van der Waals surface area (Å²) in [5, 5.41) is 2.85. The lowest BCUT2D eigenvalue weighted by Crippen LogP contribution is -2.49. The van der Waals surface area contributed by atoms with Gasteiger partial charge in [0.2, 0.25) is 5.91 Å². The summed E-state index contributed by atoms with van der Waals surface area (Å²) < 4.78 is 0. The molecule has 0 fully saturated rings. The topological polar surface area (TPSA) is 45.2 Å². The number of hydrogen-bond donors (Lipinski definition) is 1. The quantitative estimate of drug-likeness (QED) is 0.758. The zero-order valence-corrected chi connectivity index (χ0v) is 9.19. The first-order valence-electron chi connectivity index (χ1n) is 5.15. The van der Waals surface area contributed by atoms with Crippen molar-refractivity contribution in [2.24, 2.45) is 0 Å². The summed E-state index contributed by atoms with van der Waals surface area (Å²) in [6, 6.07) is 3.81. The van der Waals surface area contributed by atoms with Gasteiger partial charge in [-0.15, -0.1) is 0 Å². The second kappa shape index (κ2) is 3.53. The van der Waals surface area contributed by atoms with E-state index in [0.29, 0.717) is 0 Å². The predicted molar refractivity (Wildman–Crippen MR) is 59.9 cm³/mol. The van der Waals surface area contributed by atoms with Crippen LogP contribution >= 0.6 is 0 Å². The first-order valence-corrected chi connectivity index (χ1v) is 5.15. The average molecular weight is 205 g/mol. The molecule has 0 aromatic carbocycles. The van der Waals surface area contributed by atoms with E-state index >= 15 is 0 Å². The van der Waals surface area contributed by atoms with Gasteiger partial charge in [-0.1, -0.05) is 0 Å². The van der Waals surface area contributed by atoms with Crippen molar-refractivity contribution >= 4 is 17.4 Å². The molecule has 0 spiro atoms. The summed E-state index contributed by atoms with van der Waals surface area (Å²) in [4.78, 5) is 18.0. The number of nitrogens with one attached hydrogen (secondary N) is 1. The van der Waals surface area contributed by atoms with Crippen molar-refractivity contribution in [3.8, 4) is 0 Å². The van der Waals surface area contributed by atoms with E-state index in [2.05, 4.69) is 24.1 Å². The number of pyridine rings is 1. The van der Waals surface area contributed by atoms with E-state index in [4.69, 9.17) is 0 Å². The predicted octanol–water partition coefficient (Wildman–Crippen LogP) is 1.64. The molecule has 1 amide bonds. The molecule has 1 N–H and O–H groups in total. The van der Waals surface area contributed by atoms with Crippen LogP contribution in [-0.4, -0.2) is 23.0 Å². The maximum Gasteiger partial charge on any atom is 0.246 e. The number of hydrogen-bond acceptors (Lipinski definition) is 3. The number of amides is 1. The molecule has 1 atom stereocenters. The van der Waals surface area contributed by atoms with E-state index < -0.39 is 0 Å². The number of anilines is 2. The highest BCUT2D eigenvalue weighted by atomic mass is 16.2. The second-order valence-electron chi connectivity index (χ2n) is 4.04. The van der Waals surface area contributed by atoms with Gasteiger partial charge in [0, 0.05) is 12.2 Å². The fourth-order valence-corrected chi connectivity index (χ4v) is 1.94. The molecule has 0 saturated carbocycles. The molecule has 1 aliphatic rings. The SMILES string of the molecule is CC(C)N1c2ncccc2NC(=O)[C@@H]1C. The van der Waals surface area contributed by atoms with Crippen LogP contribution in [0, 0.1) is 0 Å². The van der Waals surface area contributed by atoms with Gasteiger partial charge in [-0.05, 0) is 32.9 Å². The Morgan fingerprint density at radius 1 is 1.53 bits per heavy atom. The van der Waals surface area contributed by atoms with Crippen LogP contribution in [0.25, 0.3) is 0 Å². The lowest BCUT2D eigenvalue weighted by atomic mass is 10.1. The van der Waals surface area contributed by atoms with Gasteiger partial charge >= 0.3 is 0 Å². The van der Waals surface area contributed by atoms with Crippen molar-refractivity contribution in [2.45, 2.75) is 32.9 Å². The normalized spacial score (nSPS) is 20.1. The van der Waals surface area contributed by atoms with Crippen LogP contribution in [0.15, 0.2) is 18.3 Å². The Morgan fingerprint density at radius 3 is 2.93 bits per heavy atom. The summed E-state index contributed by atoms with van der Waals surface area (Å²) in [5.41, 5.74) is 0.800. The van der Waals surface area contributed by atoms with Gasteiger partial charge in [-0.3, -0.25) is 4.79 Å². The van der Waals surface area contributed by atoms with Gasteiger partial charge in [-0.25, -0.2) is 4.98 Å². The highest BCUT2D eigenvalue weighted by molar-refractivity contribution is 6.02. The first kappa shape index (κ1) is 9.96. The number of fused-ring (bicyclic) bond motifs is 1. The fourth-order valence-electron chi connectivity index (χ4n) is 1.94. The minimum atomic E-state index is -0.160. The standard InChI is InChI=1S/C11H15N3O/c1-7(2)14-8(3)11(15)13-9-5-4-6-12-10(9)14/h4-8H,1-3H3,(H,13,15)/t8-/m0/s1. The zero-order chi connectivity index (χ0) is 11.0. The molecule has 0 saturated heterocycles. The van der Waals surface area contributed by atoms with Crippen LogP contribution in [0.2, 0.25) is 0 Å². The molecule has 80 valence electrons. The molecule has 4 heteroatoms. The smallest absolute Gasteiger partial charge is 0.246 e. The Labute approximate surface area is 89.3 Å². The Morgan fingerprint density at radius 2 is 2.27 bits per heavy atom. The molecule has 15 heavy (non-hydrogen) atoms. The van der Waals surface area contributed by atoms with Crippen LogP contribution in [0.4, 0.5) is 11.5 Å². The Bertz CT molecular complexity index is 389. The minimum Gasteiger partial charge on any atom is -0.341 e. The largest absolute Gasteiger partial charge is 0.341 e. The molecule has 0 aliphatic carbocycles. The monoisotopic (exact) mass is 205 g/mol. The summed E-state index contributed by atoms with van der Waals surface area (Å²) in [6.45, 7) is 6.02. The second-order valence-corrected chi connectivity index (χ2v) is 4.04. The molecule has 0 unspecified atom stereocenters. The van der Waals surface area contributed by atoms with Crippen molar-refractivity contribution in [1.29, 1.82) is 0 Å². The van der Waals surface area contributed by atoms with Gasteiger partial charge < -0.3 is 10.2 Å². The van der Waals surface area contributed by atoms with E-state index in [9.17, 15) is 4.79 Å². The molecule has 2 heterocycles. The molecule has 1 aromatic heterocycles. The van der Waals surface area contributed by atoms with E-state index in [0.717, 1.165) is 11.5 Å². The zero-order valence-electron chi connectivity index (χ0n) is 9.19. The maximum absolute atomic E-state index is 11.7. The van der Waals surface area contributed by atoms with E-state index in [1.54, 1.807) is 6.20 Å². The molecule has 0 radical (unpaired) electrons. The minimum absolute atomic E-state index is 0.0317. The fraction of sp³-hybridized carbons (Fsp3) is 0.455. The Balaban J connectivity index is 2.49. The van der Waals surface area contributed by atoms with Gasteiger partial charge in [0.25, 0.3) is 0 Å². The lowest BCUT2D eigenvalue weighted by molar-refractivity contribution is -0.117. The van der Waals surface area contributed by atoms with Crippen LogP contribution in [0.1, 0.15) is 20.8 Å². The van der Waals surface area contributed by atoms with Gasteiger partial charge in [0.05, 0.1) is 5.69 Å². The van der Waals surface area contributed by atoms with Crippen LogP contribution in [0.5, 0.6) is 0 Å². The summed E-state index contributed by atoms with van der Waals surface area (Å²) in [7, 11) is 0. The summed E-state index contributed by atoms with van der Waals surface area (Å²) in [6.07, 6.45) is 1.75. The number of carbonyl (C=O) groups excluding carboxylic acids is 1. The van der Waals surface area contributed by atoms with Crippen molar-refractivity contribution in [2.75, 3.05) is 10.2 Å². The number of nitrogens with zero attached hydrogens (tertiary/aromatic N) is 2. The first-order chi connectivity index (χ1) is 7.11. The Hall–Kier alpha value is -1.58. The number of rotatable bonds is 1. The van der Waals surface area contributed by atoms with Gasteiger partial charge in [0.15, 0.2) is 5.82 Å². The van der Waals surface area contributed by atoms with E-state index in [-0.39, 0.29) is 18.0 Å². The van der Waals surface area contributed by atoms with Crippen molar-refractivity contribution < 1.29 is 4.79 Å². The highest BCUT2D eigenvalue weighted by Crippen LogP contribution is 2.30. The number of carbonyl (C=O) groups is 1. The lowest BCUT2D eigenvalue weighted by Gasteiger charge is -2.37. The molecule has 4 nitrogen and oxygen atoms in total. The molecule has 1 aliphatic heterocycles. The maximum atomic E-state index is 11.7. The van der Waals surface area contributed by atoms with Crippen LogP contribution in [-0.2, 0) is 4.79 Å². The summed E-state index contributed by atoms with van der Waals surface area (Å²) >= 11 is 0. The van der Waals surface area contributed by atoms with Crippen LogP contribution in [0.3, 0.4) is 0 Å². The van der Waals surface area contributed by atoms with Gasteiger partial charge in [-0.2, -0.15) is 0 Å². The number of aromatic nitrogens is 1. The van der Waals surface area contributed by atoms with E-state index in [1.807, 2.05) is 24.0 Å². The van der Waals surface area contributed by atoms with Crippen LogP contribution < -0.4 is 10.2 Å². The molecular weight excluding hydrogens is 190 g/mol. The third-order valence-electron chi connectivity index (χ3n) is 2.64. The molecule has 1 aromatic rings. The molecule has 0 bridgehead atoms. The highest BCUT2D eigenvalue weighted by Gasteiger charge is 2.31. The average Bonchev–Trinajstić information content (AvgIpc) is 2.19. The van der Waals surface area contributed by atoms with Gasteiger partial charge in [0.1, 0.15) is 6.04 Å². The molecular formula is C11H15N3O.